The molecule has 0 spiro atoms. The van der Waals surface area contributed by atoms with Gasteiger partial charge in [0, 0.05) is 49.7 Å². The van der Waals surface area contributed by atoms with Crippen molar-refractivity contribution in [3.05, 3.63) is 46.4 Å². The number of guanidine groups is 1. The first-order valence-electron chi connectivity index (χ1n) is 9.18. The molecule has 1 aliphatic heterocycles. The second kappa shape index (κ2) is 8.08. The van der Waals surface area contributed by atoms with Crippen LogP contribution in [0.15, 0.2) is 40.7 Å². The number of benzene rings is 1. The molecule has 0 bridgehead atoms. The van der Waals surface area contributed by atoms with Crippen molar-refractivity contribution in [2.24, 2.45) is 4.99 Å². The smallest absolute Gasteiger partial charge is 0.194 e. The van der Waals surface area contributed by atoms with E-state index < -0.39 is 0 Å². The maximum atomic E-state index is 4.76. The van der Waals surface area contributed by atoms with Gasteiger partial charge in [-0.05, 0) is 12.1 Å². The fraction of sp³-hybridized carbons (Fsp3) is 0.500. The summed E-state index contributed by atoms with van der Waals surface area (Å²) in [6.07, 6.45) is 0. The zero-order valence-corrected chi connectivity index (χ0v) is 17.0. The van der Waals surface area contributed by atoms with E-state index in [1.165, 1.54) is 10.7 Å². The number of hydrogen-bond acceptors (Lipinski definition) is 4. The van der Waals surface area contributed by atoms with Crippen molar-refractivity contribution in [1.29, 1.82) is 0 Å². The van der Waals surface area contributed by atoms with Crippen molar-refractivity contribution in [2.75, 3.05) is 38.1 Å². The van der Waals surface area contributed by atoms with Crippen LogP contribution in [-0.4, -0.2) is 49.1 Å². The van der Waals surface area contributed by atoms with Crippen LogP contribution in [0.25, 0.3) is 0 Å². The highest BCUT2D eigenvalue weighted by Gasteiger charge is 2.21. The second-order valence-electron chi connectivity index (χ2n) is 7.60. The van der Waals surface area contributed by atoms with Crippen LogP contribution in [-0.2, 0) is 12.0 Å². The Morgan fingerprint density at radius 1 is 1.15 bits per heavy atom. The summed E-state index contributed by atoms with van der Waals surface area (Å²) in [7, 11) is 1.85. The largest absolute Gasteiger partial charge is 0.368 e. The van der Waals surface area contributed by atoms with E-state index in [0.29, 0.717) is 0 Å². The zero-order valence-electron chi connectivity index (χ0n) is 16.2. The quantitative estimate of drug-likeness (QED) is 0.664. The summed E-state index contributed by atoms with van der Waals surface area (Å²) in [5, 5.41) is 6.80. The molecule has 2 aromatic rings. The van der Waals surface area contributed by atoms with E-state index in [2.05, 4.69) is 76.6 Å². The summed E-state index contributed by atoms with van der Waals surface area (Å²) in [5.41, 5.74) is 2.49. The number of aromatic nitrogens is 1. The van der Waals surface area contributed by atoms with Gasteiger partial charge in [0.1, 0.15) is 0 Å². The van der Waals surface area contributed by atoms with Gasteiger partial charge in [-0.1, -0.05) is 39.0 Å². The van der Waals surface area contributed by atoms with Gasteiger partial charge in [0.25, 0.3) is 0 Å². The second-order valence-corrected chi connectivity index (χ2v) is 8.46. The van der Waals surface area contributed by atoms with Crippen LogP contribution in [0.2, 0.25) is 0 Å². The van der Waals surface area contributed by atoms with E-state index in [9.17, 15) is 0 Å². The minimum absolute atomic E-state index is 0.109. The maximum Gasteiger partial charge on any atom is 0.194 e. The highest BCUT2D eigenvalue weighted by Crippen LogP contribution is 2.25. The molecule has 1 aliphatic rings. The zero-order chi connectivity index (χ0) is 18.6. The fourth-order valence-corrected chi connectivity index (χ4v) is 3.96. The molecular weight excluding hydrogens is 342 g/mol. The Labute approximate surface area is 160 Å². The summed E-state index contributed by atoms with van der Waals surface area (Å²) in [4.78, 5) is 14.0. The van der Waals surface area contributed by atoms with Gasteiger partial charge < -0.3 is 15.1 Å². The lowest BCUT2D eigenvalue weighted by Crippen LogP contribution is -2.52. The number of piperazine rings is 1. The molecule has 5 nitrogen and oxygen atoms in total. The molecule has 0 aliphatic carbocycles. The van der Waals surface area contributed by atoms with Crippen LogP contribution >= 0.6 is 11.3 Å². The van der Waals surface area contributed by atoms with Crippen molar-refractivity contribution in [2.45, 2.75) is 32.7 Å². The number of nitrogens with zero attached hydrogens (tertiary/aromatic N) is 4. The molecule has 1 N–H and O–H groups in total. The van der Waals surface area contributed by atoms with Crippen LogP contribution in [0.5, 0.6) is 0 Å². The molecule has 6 heteroatoms. The minimum atomic E-state index is 0.109. The van der Waals surface area contributed by atoms with Gasteiger partial charge in [0.2, 0.25) is 0 Å². The van der Waals surface area contributed by atoms with Crippen LogP contribution in [0, 0.1) is 0 Å². The molecule has 3 rings (SSSR count). The molecule has 0 amide bonds. The number of anilines is 1. The Bertz CT molecular complexity index is 724. The minimum Gasteiger partial charge on any atom is -0.368 e. The van der Waals surface area contributed by atoms with Crippen molar-refractivity contribution < 1.29 is 0 Å². The van der Waals surface area contributed by atoms with E-state index in [4.69, 9.17) is 4.98 Å². The summed E-state index contributed by atoms with van der Waals surface area (Å²) in [5.74, 6) is 0.961. The molecule has 140 valence electrons. The fourth-order valence-electron chi connectivity index (χ4n) is 3.05. The van der Waals surface area contributed by atoms with Crippen molar-refractivity contribution in [1.82, 2.24) is 15.2 Å². The summed E-state index contributed by atoms with van der Waals surface area (Å²) >= 11 is 1.74. The highest BCUT2D eigenvalue weighted by atomic mass is 32.1. The molecule has 26 heavy (non-hydrogen) atoms. The average Bonchev–Trinajstić information content (AvgIpc) is 3.13. The first-order chi connectivity index (χ1) is 12.5. The number of hydrogen-bond donors (Lipinski definition) is 1. The molecular formula is C20H29N5S. The van der Waals surface area contributed by atoms with Gasteiger partial charge in [0.15, 0.2) is 5.96 Å². The lowest BCUT2D eigenvalue weighted by atomic mass is 9.98. The number of nitrogens with one attached hydrogen (secondary N) is 1. The number of aliphatic imine (C=N–C) groups is 1. The van der Waals surface area contributed by atoms with Crippen LogP contribution in [0.4, 0.5) is 5.69 Å². The predicted molar refractivity (Wildman–Crippen MR) is 111 cm³/mol. The lowest BCUT2D eigenvalue weighted by Gasteiger charge is -2.37. The topological polar surface area (TPSA) is 43.8 Å². The Hall–Kier alpha value is -2.08. The van der Waals surface area contributed by atoms with E-state index in [-0.39, 0.29) is 5.41 Å². The highest BCUT2D eigenvalue weighted by molar-refractivity contribution is 7.09. The van der Waals surface area contributed by atoms with Gasteiger partial charge in [-0.15, -0.1) is 11.3 Å². The molecule has 0 unspecified atom stereocenters. The van der Waals surface area contributed by atoms with E-state index in [1.807, 2.05) is 7.05 Å². The van der Waals surface area contributed by atoms with Gasteiger partial charge in [-0.25, -0.2) is 4.98 Å². The third-order valence-electron chi connectivity index (χ3n) is 4.53. The molecule has 0 saturated carbocycles. The van der Waals surface area contributed by atoms with Crippen molar-refractivity contribution >= 4 is 23.0 Å². The van der Waals surface area contributed by atoms with Gasteiger partial charge in [0.05, 0.1) is 17.2 Å². The lowest BCUT2D eigenvalue weighted by molar-refractivity contribution is 0.372. The third-order valence-corrected chi connectivity index (χ3v) is 5.85. The normalized spacial score (nSPS) is 16.1. The van der Waals surface area contributed by atoms with Crippen LogP contribution in [0.1, 0.15) is 31.5 Å². The van der Waals surface area contributed by atoms with E-state index in [1.54, 1.807) is 11.3 Å². The predicted octanol–water partition coefficient (Wildman–Crippen LogP) is 3.34. The first-order valence-corrected chi connectivity index (χ1v) is 10.1. The van der Waals surface area contributed by atoms with Crippen LogP contribution in [0.3, 0.4) is 0 Å². The van der Waals surface area contributed by atoms with Crippen molar-refractivity contribution in [3.8, 4) is 0 Å². The Balaban J connectivity index is 1.53. The van der Waals surface area contributed by atoms with E-state index >= 15 is 0 Å². The summed E-state index contributed by atoms with van der Waals surface area (Å²) < 4.78 is 0. The number of rotatable bonds is 3. The Morgan fingerprint density at radius 3 is 2.42 bits per heavy atom. The van der Waals surface area contributed by atoms with Gasteiger partial charge >= 0.3 is 0 Å². The SMILES string of the molecule is CN=C(NCc1csc(C(C)(C)C)n1)N1CCN(c2ccccc2)CC1. The van der Waals surface area contributed by atoms with Gasteiger partial charge in [-0.2, -0.15) is 0 Å². The first kappa shape index (κ1) is 18.7. The van der Waals surface area contributed by atoms with Gasteiger partial charge in [-0.3, -0.25) is 4.99 Å². The van der Waals surface area contributed by atoms with Crippen molar-refractivity contribution in [3.63, 3.8) is 0 Å². The standard InChI is InChI=1S/C20H29N5S/c1-20(2,3)18-23-16(15-26-18)14-22-19(21-4)25-12-10-24(11-13-25)17-8-6-5-7-9-17/h5-9,15H,10-14H2,1-4H3,(H,21,22). The monoisotopic (exact) mass is 371 g/mol. The molecule has 0 atom stereocenters. The molecule has 0 radical (unpaired) electrons. The average molecular weight is 372 g/mol. The number of thiazole rings is 1. The molecule has 1 aromatic heterocycles. The van der Waals surface area contributed by atoms with E-state index in [0.717, 1.165) is 44.4 Å². The maximum absolute atomic E-state index is 4.76. The Morgan fingerprint density at radius 2 is 1.85 bits per heavy atom. The number of para-hydroxylation sites is 1. The molecule has 1 fully saturated rings. The third kappa shape index (κ3) is 4.55. The molecule has 2 heterocycles. The molecule has 1 saturated heterocycles. The summed E-state index contributed by atoms with van der Waals surface area (Å²) in [6, 6.07) is 10.6. The van der Waals surface area contributed by atoms with Crippen LogP contribution < -0.4 is 10.2 Å². The molecule has 1 aromatic carbocycles. The summed E-state index contributed by atoms with van der Waals surface area (Å²) in [6.45, 7) is 11.3. The Kier molecular flexibility index (Phi) is 5.81.